The Bertz CT molecular complexity index is 429. The molecule has 0 saturated heterocycles. The second-order valence-corrected chi connectivity index (χ2v) is 4.62. The number of methoxy groups -OCH3 is 1. The molecule has 4 nitrogen and oxygen atoms in total. The van der Waals surface area contributed by atoms with Gasteiger partial charge in [0.1, 0.15) is 0 Å². The molecular weight excluding hydrogens is 250 g/mol. The number of ether oxygens (including phenoxy) is 1. The molecule has 1 aromatic rings. The minimum Gasteiger partial charge on any atom is -0.404 e. The van der Waals surface area contributed by atoms with E-state index in [0.29, 0.717) is 6.54 Å². The molecule has 0 aliphatic carbocycles. The quantitative estimate of drug-likeness (QED) is 0.714. The summed E-state index contributed by atoms with van der Waals surface area (Å²) in [5, 5.41) is 3.34. The number of nitrogens with one attached hydrogen (secondary N) is 1. The molecule has 0 radical (unpaired) electrons. The Morgan fingerprint density at radius 2 is 2.10 bits per heavy atom. The van der Waals surface area contributed by atoms with Crippen LogP contribution in [0.3, 0.4) is 0 Å². The van der Waals surface area contributed by atoms with Gasteiger partial charge >= 0.3 is 0 Å². The second kappa shape index (κ2) is 9.28. The predicted molar refractivity (Wildman–Crippen MR) is 84.8 cm³/mol. The van der Waals surface area contributed by atoms with E-state index in [-0.39, 0.29) is 12.1 Å². The molecule has 0 heterocycles. The maximum Gasteiger partial charge on any atom is 0.0999 e. The lowest BCUT2D eigenvalue weighted by atomic mass is 10.1. The molecule has 0 bridgehead atoms. The van der Waals surface area contributed by atoms with Gasteiger partial charge in [-0.3, -0.25) is 4.99 Å². The van der Waals surface area contributed by atoms with Crippen molar-refractivity contribution in [2.24, 2.45) is 10.7 Å². The first kappa shape index (κ1) is 16.4. The summed E-state index contributed by atoms with van der Waals surface area (Å²) in [4.78, 5) is 4.44. The third-order valence-corrected chi connectivity index (χ3v) is 3.11. The van der Waals surface area contributed by atoms with Crippen LogP contribution in [-0.2, 0) is 11.3 Å². The third-order valence-electron chi connectivity index (χ3n) is 3.11. The first-order chi connectivity index (χ1) is 9.72. The van der Waals surface area contributed by atoms with E-state index in [2.05, 4.69) is 36.3 Å². The number of aliphatic imine (C=N–C) groups is 1. The summed E-state index contributed by atoms with van der Waals surface area (Å²) < 4.78 is 5.52. The van der Waals surface area contributed by atoms with E-state index in [4.69, 9.17) is 10.5 Å². The zero-order chi connectivity index (χ0) is 14.8. The van der Waals surface area contributed by atoms with Crippen LogP contribution in [0.4, 0.5) is 0 Å². The van der Waals surface area contributed by atoms with E-state index in [0.717, 1.165) is 12.1 Å². The summed E-state index contributed by atoms with van der Waals surface area (Å²) in [6.45, 7) is 5.68. The number of likely N-dealkylation sites (N-methyl/N-ethyl adjacent to an activating group) is 1. The lowest BCUT2D eigenvalue weighted by molar-refractivity contribution is 0.107. The first-order valence-electron chi connectivity index (χ1n) is 6.94. The Hall–Kier alpha value is -1.65. The van der Waals surface area contributed by atoms with Gasteiger partial charge in [-0.15, -0.1) is 0 Å². The molecule has 4 heteroatoms. The molecule has 20 heavy (non-hydrogen) atoms. The number of hydrogen-bond acceptors (Lipinski definition) is 4. The van der Waals surface area contributed by atoms with E-state index in [9.17, 15) is 0 Å². The van der Waals surface area contributed by atoms with Crippen LogP contribution in [0, 0.1) is 0 Å². The van der Waals surface area contributed by atoms with Crippen LogP contribution in [0.25, 0.3) is 0 Å². The number of rotatable bonds is 8. The van der Waals surface area contributed by atoms with Crippen molar-refractivity contribution in [3.8, 4) is 0 Å². The van der Waals surface area contributed by atoms with Gasteiger partial charge in [0.2, 0.25) is 0 Å². The molecule has 2 unspecified atom stereocenters. The van der Waals surface area contributed by atoms with E-state index in [1.165, 1.54) is 5.56 Å². The molecule has 0 spiro atoms. The predicted octanol–water partition coefficient (Wildman–Crippen LogP) is 2.11. The maximum atomic E-state index is 5.70. The van der Waals surface area contributed by atoms with Crippen LogP contribution in [0.5, 0.6) is 0 Å². The number of nitrogens with two attached hydrogens (primary N) is 1. The second-order valence-electron chi connectivity index (χ2n) is 4.62. The Labute approximate surface area is 121 Å². The summed E-state index contributed by atoms with van der Waals surface area (Å²) >= 11 is 0. The fourth-order valence-corrected chi connectivity index (χ4v) is 2.11. The molecule has 1 aromatic carbocycles. The minimum atomic E-state index is -0.0977. The lowest BCUT2D eigenvalue weighted by Gasteiger charge is -2.23. The molecule has 110 valence electrons. The van der Waals surface area contributed by atoms with Crippen LogP contribution < -0.4 is 11.1 Å². The Morgan fingerprint density at radius 1 is 1.40 bits per heavy atom. The van der Waals surface area contributed by atoms with Crippen molar-refractivity contribution < 1.29 is 4.74 Å². The molecule has 0 saturated carbocycles. The molecule has 0 fully saturated rings. The SMILES string of the molecule is CCNC(C)C(OC)/C(C=NCc1ccccc1)=C/N. The number of benzene rings is 1. The summed E-state index contributed by atoms with van der Waals surface area (Å²) in [6.07, 6.45) is 3.27. The minimum absolute atomic E-state index is 0.0977. The summed E-state index contributed by atoms with van der Waals surface area (Å²) in [7, 11) is 1.69. The van der Waals surface area contributed by atoms with Gasteiger partial charge in [0.25, 0.3) is 0 Å². The Morgan fingerprint density at radius 3 is 2.65 bits per heavy atom. The first-order valence-corrected chi connectivity index (χ1v) is 6.94. The van der Waals surface area contributed by atoms with Crippen molar-refractivity contribution >= 4 is 6.21 Å². The highest BCUT2D eigenvalue weighted by Gasteiger charge is 2.18. The van der Waals surface area contributed by atoms with E-state index in [1.54, 1.807) is 19.5 Å². The van der Waals surface area contributed by atoms with Gasteiger partial charge in [-0.25, -0.2) is 0 Å². The average molecular weight is 275 g/mol. The topological polar surface area (TPSA) is 59.6 Å². The summed E-state index contributed by atoms with van der Waals surface area (Å²) in [5.74, 6) is 0. The van der Waals surface area contributed by atoms with E-state index in [1.807, 2.05) is 18.2 Å². The zero-order valence-electron chi connectivity index (χ0n) is 12.5. The van der Waals surface area contributed by atoms with Gasteiger partial charge in [0.15, 0.2) is 0 Å². The standard InChI is InChI=1S/C16H25N3O/c1-4-19-13(2)16(20-3)15(10-17)12-18-11-14-8-6-5-7-9-14/h5-10,12-13,16,19H,4,11,17H2,1-3H3/b15-10+,18-12?. The molecule has 1 rings (SSSR count). The van der Waals surface area contributed by atoms with Crippen molar-refractivity contribution in [1.82, 2.24) is 5.32 Å². The Balaban J connectivity index is 2.66. The van der Waals surface area contributed by atoms with Crippen LogP contribution in [-0.4, -0.2) is 32.0 Å². The fourth-order valence-electron chi connectivity index (χ4n) is 2.11. The lowest BCUT2D eigenvalue weighted by Crippen LogP contribution is -2.40. The van der Waals surface area contributed by atoms with Crippen LogP contribution in [0.2, 0.25) is 0 Å². The molecule has 3 N–H and O–H groups in total. The van der Waals surface area contributed by atoms with Crippen molar-refractivity contribution in [1.29, 1.82) is 0 Å². The van der Waals surface area contributed by atoms with Gasteiger partial charge in [0, 0.05) is 31.1 Å². The van der Waals surface area contributed by atoms with Crippen molar-refractivity contribution in [2.75, 3.05) is 13.7 Å². The van der Waals surface area contributed by atoms with Gasteiger partial charge in [-0.1, -0.05) is 37.3 Å². The molecular formula is C16H25N3O. The molecule has 0 aromatic heterocycles. The number of hydrogen-bond donors (Lipinski definition) is 2. The van der Waals surface area contributed by atoms with Crippen molar-refractivity contribution in [2.45, 2.75) is 32.5 Å². The highest BCUT2D eigenvalue weighted by atomic mass is 16.5. The fraction of sp³-hybridized carbons (Fsp3) is 0.438. The van der Waals surface area contributed by atoms with Gasteiger partial charge in [-0.05, 0) is 19.0 Å². The highest BCUT2D eigenvalue weighted by molar-refractivity contribution is 5.80. The Kier molecular flexibility index (Phi) is 7.62. The van der Waals surface area contributed by atoms with Gasteiger partial charge in [-0.2, -0.15) is 0 Å². The highest BCUT2D eigenvalue weighted by Crippen LogP contribution is 2.09. The summed E-state index contributed by atoms with van der Waals surface area (Å²) in [5.41, 5.74) is 7.76. The van der Waals surface area contributed by atoms with Crippen molar-refractivity contribution in [3.63, 3.8) is 0 Å². The van der Waals surface area contributed by atoms with E-state index < -0.39 is 0 Å². The van der Waals surface area contributed by atoms with Crippen LogP contribution in [0.1, 0.15) is 19.4 Å². The van der Waals surface area contributed by atoms with Crippen LogP contribution in [0.15, 0.2) is 47.1 Å². The number of nitrogens with zero attached hydrogens (tertiary/aromatic N) is 1. The average Bonchev–Trinajstić information content (AvgIpc) is 2.47. The largest absolute Gasteiger partial charge is 0.404 e. The molecule has 0 amide bonds. The molecule has 2 atom stereocenters. The molecule has 0 aliphatic rings. The maximum absolute atomic E-state index is 5.70. The van der Waals surface area contributed by atoms with Gasteiger partial charge < -0.3 is 15.8 Å². The molecule has 0 aliphatic heterocycles. The third kappa shape index (κ3) is 5.15. The van der Waals surface area contributed by atoms with E-state index >= 15 is 0 Å². The van der Waals surface area contributed by atoms with Crippen LogP contribution >= 0.6 is 0 Å². The monoisotopic (exact) mass is 275 g/mol. The zero-order valence-corrected chi connectivity index (χ0v) is 12.5. The summed E-state index contributed by atoms with van der Waals surface area (Å²) in [6, 6.07) is 10.3. The smallest absolute Gasteiger partial charge is 0.0999 e. The van der Waals surface area contributed by atoms with Crippen molar-refractivity contribution in [3.05, 3.63) is 47.7 Å². The normalized spacial score (nSPS) is 15.4. The van der Waals surface area contributed by atoms with Gasteiger partial charge in [0.05, 0.1) is 12.6 Å².